The summed E-state index contributed by atoms with van der Waals surface area (Å²) in [5.74, 6) is -0.0602. The number of ether oxygens (including phenoxy) is 1. The van der Waals surface area contributed by atoms with Gasteiger partial charge < -0.3 is 9.84 Å². The van der Waals surface area contributed by atoms with Crippen molar-refractivity contribution in [1.82, 2.24) is 20.2 Å². The van der Waals surface area contributed by atoms with Gasteiger partial charge in [-0.3, -0.25) is 0 Å². The van der Waals surface area contributed by atoms with Gasteiger partial charge in [0.05, 0.1) is 6.04 Å². The first kappa shape index (κ1) is 12.6. The third-order valence-corrected chi connectivity index (χ3v) is 3.18. The van der Waals surface area contributed by atoms with Crippen LogP contribution in [0.3, 0.4) is 0 Å². The van der Waals surface area contributed by atoms with Gasteiger partial charge in [-0.15, -0.1) is 5.10 Å². The minimum Gasteiger partial charge on any atom is -0.485 e. The maximum atomic E-state index is 11.2. The van der Waals surface area contributed by atoms with Crippen molar-refractivity contribution in [2.75, 3.05) is 0 Å². The molecule has 7 nitrogen and oxygen atoms in total. The summed E-state index contributed by atoms with van der Waals surface area (Å²) in [4.78, 5) is 11.2. The Bertz CT molecular complexity index is 649. The Labute approximate surface area is 115 Å². The first-order valence-corrected chi connectivity index (χ1v) is 6.38. The summed E-state index contributed by atoms with van der Waals surface area (Å²) in [5, 5.41) is 20.6. The molecule has 1 saturated carbocycles. The SMILES string of the molecule is Cc1ccc(C(=O)O)c(OCc2nnnn2C2CC2)c1. The molecule has 1 aromatic heterocycles. The van der Waals surface area contributed by atoms with Crippen LogP contribution in [0.1, 0.15) is 40.6 Å². The van der Waals surface area contributed by atoms with Gasteiger partial charge in [0.1, 0.15) is 17.9 Å². The van der Waals surface area contributed by atoms with E-state index in [-0.39, 0.29) is 12.2 Å². The maximum absolute atomic E-state index is 11.2. The van der Waals surface area contributed by atoms with Crippen LogP contribution in [0.5, 0.6) is 5.75 Å². The molecule has 0 radical (unpaired) electrons. The van der Waals surface area contributed by atoms with E-state index in [4.69, 9.17) is 9.84 Å². The average molecular weight is 274 g/mol. The summed E-state index contributed by atoms with van der Waals surface area (Å²) in [7, 11) is 0. The number of aromatic carboxylic acids is 1. The first-order valence-electron chi connectivity index (χ1n) is 6.38. The number of hydrogen-bond donors (Lipinski definition) is 1. The fourth-order valence-electron chi connectivity index (χ4n) is 1.98. The predicted octanol–water partition coefficient (Wildman–Crippen LogP) is 1.59. The van der Waals surface area contributed by atoms with Gasteiger partial charge in [0.25, 0.3) is 0 Å². The highest BCUT2D eigenvalue weighted by atomic mass is 16.5. The van der Waals surface area contributed by atoms with Crippen LogP contribution < -0.4 is 4.74 Å². The first-order chi connectivity index (χ1) is 9.65. The Morgan fingerprint density at radius 2 is 2.30 bits per heavy atom. The van der Waals surface area contributed by atoms with Crippen LogP contribution in [0.2, 0.25) is 0 Å². The van der Waals surface area contributed by atoms with Crippen molar-refractivity contribution in [3.63, 3.8) is 0 Å². The number of aromatic nitrogens is 4. The quantitative estimate of drug-likeness (QED) is 0.890. The average Bonchev–Trinajstić information content (AvgIpc) is 3.15. The zero-order valence-electron chi connectivity index (χ0n) is 11.0. The molecule has 0 atom stereocenters. The van der Waals surface area contributed by atoms with Gasteiger partial charge in [0.2, 0.25) is 0 Å². The summed E-state index contributed by atoms with van der Waals surface area (Å²) in [6.45, 7) is 2.04. The van der Waals surface area contributed by atoms with E-state index in [0.29, 0.717) is 17.6 Å². The van der Waals surface area contributed by atoms with Crippen LogP contribution in [0.4, 0.5) is 0 Å². The van der Waals surface area contributed by atoms with Crippen molar-refractivity contribution in [2.45, 2.75) is 32.4 Å². The van der Waals surface area contributed by atoms with Gasteiger partial charge >= 0.3 is 5.97 Å². The lowest BCUT2D eigenvalue weighted by atomic mass is 10.1. The molecule has 1 heterocycles. The lowest BCUT2D eigenvalue weighted by molar-refractivity contribution is 0.0691. The molecule has 1 aliphatic carbocycles. The van der Waals surface area contributed by atoms with Crippen LogP contribution in [-0.4, -0.2) is 31.3 Å². The molecule has 0 spiro atoms. The molecule has 0 unspecified atom stereocenters. The second-order valence-corrected chi connectivity index (χ2v) is 4.86. The molecule has 0 bridgehead atoms. The maximum Gasteiger partial charge on any atom is 0.339 e. The highest BCUT2D eigenvalue weighted by Crippen LogP contribution is 2.34. The molecular weight excluding hydrogens is 260 g/mol. The Balaban J connectivity index is 1.79. The van der Waals surface area contributed by atoms with Crippen LogP contribution in [-0.2, 0) is 6.61 Å². The fourth-order valence-corrected chi connectivity index (χ4v) is 1.98. The minimum absolute atomic E-state index is 0.140. The molecule has 0 aliphatic heterocycles. The van der Waals surface area contributed by atoms with Crippen molar-refractivity contribution in [1.29, 1.82) is 0 Å². The molecule has 1 fully saturated rings. The van der Waals surface area contributed by atoms with Crippen molar-refractivity contribution in [3.05, 3.63) is 35.2 Å². The number of rotatable bonds is 5. The summed E-state index contributed by atoms with van der Waals surface area (Å²) in [6.07, 6.45) is 2.14. The molecule has 0 amide bonds. The molecular formula is C13H14N4O3. The summed E-state index contributed by atoms with van der Waals surface area (Å²) < 4.78 is 7.34. The minimum atomic E-state index is -1.01. The number of nitrogens with zero attached hydrogens (tertiary/aromatic N) is 4. The fraction of sp³-hybridized carbons (Fsp3) is 0.385. The highest BCUT2D eigenvalue weighted by Gasteiger charge is 2.28. The van der Waals surface area contributed by atoms with Crippen molar-refractivity contribution in [3.8, 4) is 5.75 Å². The van der Waals surface area contributed by atoms with Gasteiger partial charge in [0, 0.05) is 0 Å². The van der Waals surface area contributed by atoms with Crippen LogP contribution in [0.25, 0.3) is 0 Å². The standard InChI is InChI=1S/C13H14N4O3/c1-8-2-5-10(13(18)19)11(6-8)20-7-12-14-15-16-17(12)9-3-4-9/h2,5-6,9H,3-4,7H2,1H3,(H,18,19). The lowest BCUT2D eigenvalue weighted by Crippen LogP contribution is -2.09. The van der Waals surface area contributed by atoms with E-state index in [1.807, 2.05) is 6.92 Å². The Kier molecular flexibility index (Phi) is 3.09. The lowest BCUT2D eigenvalue weighted by Gasteiger charge is -2.09. The van der Waals surface area contributed by atoms with Gasteiger partial charge in [-0.2, -0.15) is 0 Å². The third kappa shape index (κ3) is 2.47. The van der Waals surface area contributed by atoms with Crippen LogP contribution in [0.15, 0.2) is 18.2 Å². The topological polar surface area (TPSA) is 90.1 Å². The molecule has 104 valence electrons. The molecule has 1 aliphatic rings. The van der Waals surface area contributed by atoms with Crippen LogP contribution in [0, 0.1) is 6.92 Å². The molecule has 1 aromatic carbocycles. The van der Waals surface area contributed by atoms with Crippen molar-refractivity contribution >= 4 is 5.97 Å². The van der Waals surface area contributed by atoms with Gasteiger partial charge in [-0.05, 0) is 47.9 Å². The molecule has 7 heteroatoms. The van der Waals surface area contributed by atoms with E-state index >= 15 is 0 Å². The monoisotopic (exact) mass is 274 g/mol. The number of carbonyl (C=O) groups is 1. The Morgan fingerprint density at radius 3 is 3.00 bits per heavy atom. The number of benzene rings is 1. The summed E-state index contributed by atoms with van der Waals surface area (Å²) in [5.41, 5.74) is 1.08. The number of carboxylic acid groups (broad SMARTS) is 1. The van der Waals surface area contributed by atoms with Gasteiger partial charge in [-0.1, -0.05) is 6.07 Å². The molecule has 2 aromatic rings. The third-order valence-electron chi connectivity index (χ3n) is 3.18. The van der Waals surface area contributed by atoms with Crippen molar-refractivity contribution in [2.24, 2.45) is 0 Å². The number of aryl methyl sites for hydroxylation is 1. The van der Waals surface area contributed by atoms with Crippen molar-refractivity contribution < 1.29 is 14.6 Å². The largest absolute Gasteiger partial charge is 0.485 e. The zero-order chi connectivity index (χ0) is 14.1. The second kappa shape index (κ2) is 4.92. The smallest absolute Gasteiger partial charge is 0.339 e. The highest BCUT2D eigenvalue weighted by molar-refractivity contribution is 5.90. The number of hydrogen-bond acceptors (Lipinski definition) is 5. The number of carboxylic acids is 1. The van der Waals surface area contributed by atoms with E-state index in [1.165, 1.54) is 6.07 Å². The summed E-state index contributed by atoms with van der Waals surface area (Å²) >= 11 is 0. The molecule has 1 N–H and O–H groups in total. The van der Waals surface area contributed by atoms with E-state index in [2.05, 4.69) is 15.5 Å². The summed E-state index contributed by atoms with van der Waals surface area (Å²) in [6, 6.07) is 5.34. The molecule has 0 saturated heterocycles. The van der Waals surface area contributed by atoms with E-state index in [9.17, 15) is 4.79 Å². The number of tetrazole rings is 1. The second-order valence-electron chi connectivity index (χ2n) is 4.86. The molecule has 20 heavy (non-hydrogen) atoms. The Hall–Kier alpha value is -2.44. The molecule has 3 rings (SSSR count). The van der Waals surface area contributed by atoms with E-state index < -0.39 is 5.97 Å². The van der Waals surface area contributed by atoms with Crippen LogP contribution >= 0.6 is 0 Å². The van der Waals surface area contributed by atoms with Gasteiger partial charge in [0.15, 0.2) is 5.82 Å². The Morgan fingerprint density at radius 1 is 1.50 bits per heavy atom. The normalized spacial score (nSPS) is 14.2. The zero-order valence-corrected chi connectivity index (χ0v) is 11.0. The van der Waals surface area contributed by atoms with Gasteiger partial charge in [-0.25, -0.2) is 9.48 Å². The van der Waals surface area contributed by atoms with E-state index in [1.54, 1.807) is 16.8 Å². The van der Waals surface area contributed by atoms with E-state index in [0.717, 1.165) is 18.4 Å². The predicted molar refractivity (Wildman–Crippen MR) is 68.6 cm³/mol.